The van der Waals surface area contributed by atoms with Gasteiger partial charge in [-0.1, -0.05) is 0 Å². The van der Waals surface area contributed by atoms with Crippen molar-refractivity contribution in [1.29, 1.82) is 0 Å². The Bertz CT molecular complexity index is 228. The second kappa shape index (κ2) is 6.15. The van der Waals surface area contributed by atoms with Crippen LogP contribution in [0, 0.1) is 0 Å². The van der Waals surface area contributed by atoms with Gasteiger partial charge in [-0.05, 0) is 0 Å². The number of hydrogen-bond acceptors (Lipinski definition) is 3. The number of alkyl halides is 2. The zero-order valence-electron chi connectivity index (χ0n) is 8.21. The van der Waals surface area contributed by atoms with E-state index >= 15 is 0 Å². The highest BCUT2D eigenvalue weighted by Crippen LogP contribution is 2.02. The topological polar surface area (TPSA) is 52.7 Å². The molecule has 1 heterocycles. The monoisotopic (exact) mass is 253 g/mol. The van der Waals surface area contributed by atoms with Gasteiger partial charge in [0, 0.05) is 24.8 Å². The van der Waals surface area contributed by atoms with Gasteiger partial charge in [0.1, 0.15) is 0 Å². The van der Waals surface area contributed by atoms with Crippen LogP contribution in [0.4, 0.5) is 4.79 Å². The van der Waals surface area contributed by atoms with Crippen LogP contribution >= 0.6 is 23.2 Å². The summed E-state index contributed by atoms with van der Waals surface area (Å²) in [4.78, 5) is 25.5. The molecule has 86 valence electrons. The molecule has 0 aromatic heterocycles. The molecule has 0 aromatic carbocycles. The lowest BCUT2D eigenvalue weighted by Gasteiger charge is -2.24. The summed E-state index contributed by atoms with van der Waals surface area (Å²) in [6, 6.07) is -0.353. The molecule has 1 saturated heterocycles. The molecule has 0 radical (unpaired) electrons. The molecular formula is C8H13Cl2N3O2. The first-order valence-corrected chi connectivity index (χ1v) is 5.68. The quantitative estimate of drug-likeness (QED) is 0.547. The Balaban J connectivity index is 2.48. The number of halogens is 2. The van der Waals surface area contributed by atoms with Crippen LogP contribution in [-0.4, -0.2) is 59.8 Å². The predicted octanol–water partition coefficient (Wildman–Crippen LogP) is 0.275. The van der Waals surface area contributed by atoms with Crippen molar-refractivity contribution in [2.24, 2.45) is 0 Å². The summed E-state index contributed by atoms with van der Waals surface area (Å²) >= 11 is 11.2. The molecule has 1 rings (SSSR count). The average Bonchev–Trinajstić information content (AvgIpc) is 2.50. The van der Waals surface area contributed by atoms with Crippen LogP contribution in [0.25, 0.3) is 0 Å². The Morgan fingerprint density at radius 2 is 1.87 bits per heavy atom. The summed E-state index contributed by atoms with van der Waals surface area (Å²) in [6.45, 7) is 1.54. The van der Waals surface area contributed by atoms with Crippen molar-refractivity contribution < 1.29 is 9.59 Å². The predicted molar refractivity (Wildman–Crippen MR) is 58.1 cm³/mol. The van der Waals surface area contributed by atoms with E-state index in [2.05, 4.69) is 5.32 Å². The van der Waals surface area contributed by atoms with E-state index in [0.29, 0.717) is 24.8 Å². The third-order valence-corrected chi connectivity index (χ3v) is 2.42. The van der Waals surface area contributed by atoms with Gasteiger partial charge in [-0.3, -0.25) is 9.69 Å². The number of amides is 3. The van der Waals surface area contributed by atoms with Gasteiger partial charge in [-0.15, -0.1) is 23.2 Å². The molecule has 1 aliphatic heterocycles. The van der Waals surface area contributed by atoms with Gasteiger partial charge in [0.05, 0.1) is 13.2 Å². The highest BCUT2D eigenvalue weighted by atomic mass is 35.5. The highest BCUT2D eigenvalue weighted by Gasteiger charge is 2.29. The fourth-order valence-corrected chi connectivity index (χ4v) is 1.77. The third-order valence-electron chi connectivity index (χ3n) is 2.08. The van der Waals surface area contributed by atoms with Crippen LogP contribution in [0.5, 0.6) is 0 Å². The van der Waals surface area contributed by atoms with Crippen molar-refractivity contribution in [2.45, 2.75) is 0 Å². The maximum absolute atomic E-state index is 11.3. The summed E-state index contributed by atoms with van der Waals surface area (Å²) in [6.07, 6.45) is 0. The second-order valence-electron chi connectivity index (χ2n) is 3.12. The number of hydrogen-bond donors (Lipinski definition) is 1. The lowest BCUT2D eigenvalue weighted by Crippen LogP contribution is -2.43. The first kappa shape index (κ1) is 12.5. The van der Waals surface area contributed by atoms with Crippen molar-refractivity contribution in [3.8, 4) is 0 Å². The molecule has 1 aliphatic rings. The largest absolute Gasteiger partial charge is 0.328 e. The molecule has 0 unspecified atom stereocenters. The fourth-order valence-electron chi connectivity index (χ4n) is 1.29. The van der Waals surface area contributed by atoms with Gasteiger partial charge in [0.25, 0.3) is 5.91 Å². The minimum absolute atomic E-state index is 0.0778. The number of carbonyl (C=O) groups excluding carboxylic acids is 2. The number of urea groups is 1. The number of rotatable bonds is 6. The molecule has 5 nitrogen and oxygen atoms in total. The van der Waals surface area contributed by atoms with E-state index in [1.54, 1.807) is 0 Å². The smallest absolute Gasteiger partial charge is 0.325 e. The maximum atomic E-state index is 11.3. The highest BCUT2D eigenvalue weighted by molar-refractivity contribution is 6.18. The van der Waals surface area contributed by atoms with Crippen LogP contribution in [0.3, 0.4) is 0 Å². The van der Waals surface area contributed by atoms with Gasteiger partial charge >= 0.3 is 6.03 Å². The normalized spacial score (nSPS) is 16.3. The van der Waals surface area contributed by atoms with Crippen molar-refractivity contribution in [1.82, 2.24) is 15.1 Å². The summed E-state index contributed by atoms with van der Waals surface area (Å²) in [7, 11) is 0. The van der Waals surface area contributed by atoms with E-state index in [0.717, 1.165) is 0 Å². The Morgan fingerprint density at radius 3 is 2.27 bits per heavy atom. The molecule has 3 amide bonds. The zero-order valence-corrected chi connectivity index (χ0v) is 9.72. The van der Waals surface area contributed by atoms with Crippen molar-refractivity contribution in [3.63, 3.8) is 0 Å². The van der Waals surface area contributed by atoms with Gasteiger partial charge < -0.3 is 5.32 Å². The molecule has 0 spiro atoms. The Kier molecular flexibility index (Phi) is 5.14. The molecule has 7 heteroatoms. The molecule has 0 aliphatic carbocycles. The van der Waals surface area contributed by atoms with E-state index in [-0.39, 0.29) is 25.2 Å². The Labute approximate surface area is 98.3 Å². The molecule has 0 bridgehead atoms. The van der Waals surface area contributed by atoms with Gasteiger partial charge in [0.2, 0.25) is 0 Å². The average molecular weight is 254 g/mol. The minimum atomic E-state index is -0.353. The van der Waals surface area contributed by atoms with E-state index in [1.807, 2.05) is 4.90 Å². The van der Waals surface area contributed by atoms with Crippen molar-refractivity contribution >= 4 is 35.1 Å². The first-order valence-electron chi connectivity index (χ1n) is 4.61. The summed E-state index contributed by atoms with van der Waals surface area (Å²) in [5.41, 5.74) is 0. The van der Waals surface area contributed by atoms with Crippen LogP contribution in [0.15, 0.2) is 0 Å². The van der Waals surface area contributed by atoms with E-state index < -0.39 is 0 Å². The standard InChI is InChI=1S/C8H13Cl2N3O2/c9-1-3-12(4-2-10)6-13-7(14)5-11-8(13)15/h1-6H2,(H,11,15). The van der Waals surface area contributed by atoms with E-state index in [4.69, 9.17) is 23.2 Å². The molecule has 1 N–H and O–H groups in total. The number of imide groups is 1. The van der Waals surface area contributed by atoms with Crippen LogP contribution in [0.2, 0.25) is 0 Å². The zero-order chi connectivity index (χ0) is 11.3. The Hall–Kier alpha value is -0.520. The van der Waals surface area contributed by atoms with Gasteiger partial charge in [-0.25, -0.2) is 9.69 Å². The fraction of sp³-hybridized carbons (Fsp3) is 0.750. The number of carbonyl (C=O) groups is 2. The number of nitrogens with one attached hydrogen (secondary N) is 1. The summed E-state index contributed by atoms with van der Waals surface area (Å²) < 4.78 is 0. The van der Waals surface area contributed by atoms with E-state index in [9.17, 15) is 9.59 Å². The molecule has 1 fully saturated rings. The van der Waals surface area contributed by atoms with Gasteiger partial charge in [0.15, 0.2) is 0 Å². The molecule has 0 atom stereocenters. The maximum Gasteiger partial charge on any atom is 0.325 e. The molecule has 0 saturated carbocycles. The third kappa shape index (κ3) is 3.52. The summed E-state index contributed by atoms with van der Waals surface area (Å²) in [5.74, 6) is 0.676. The molecular weight excluding hydrogens is 241 g/mol. The number of nitrogens with zero attached hydrogens (tertiary/aromatic N) is 2. The first-order chi connectivity index (χ1) is 7.19. The summed E-state index contributed by atoms with van der Waals surface area (Å²) in [5, 5.41) is 2.45. The minimum Gasteiger partial charge on any atom is -0.328 e. The van der Waals surface area contributed by atoms with Crippen LogP contribution in [0.1, 0.15) is 0 Å². The lowest BCUT2D eigenvalue weighted by molar-refractivity contribution is -0.126. The SMILES string of the molecule is O=C1CNC(=O)N1CN(CCCl)CCCl. The van der Waals surface area contributed by atoms with Crippen LogP contribution < -0.4 is 5.32 Å². The molecule has 0 aromatic rings. The Morgan fingerprint density at radius 1 is 1.27 bits per heavy atom. The van der Waals surface area contributed by atoms with E-state index in [1.165, 1.54) is 4.90 Å². The lowest BCUT2D eigenvalue weighted by atomic mass is 10.5. The van der Waals surface area contributed by atoms with Crippen molar-refractivity contribution in [2.75, 3.05) is 38.1 Å². The van der Waals surface area contributed by atoms with Crippen molar-refractivity contribution in [3.05, 3.63) is 0 Å². The van der Waals surface area contributed by atoms with Gasteiger partial charge in [-0.2, -0.15) is 0 Å². The molecule has 15 heavy (non-hydrogen) atoms. The second-order valence-corrected chi connectivity index (χ2v) is 3.87. The van der Waals surface area contributed by atoms with Crippen LogP contribution in [-0.2, 0) is 4.79 Å².